The summed E-state index contributed by atoms with van der Waals surface area (Å²) in [5.74, 6) is 0.553. The molecule has 0 radical (unpaired) electrons. The summed E-state index contributed by atoms with van der Waals surface area (Å²) in [5, 5.41) is 3.07. The van der Waals surface area contributed by atoms with E-state index in [1.165, 1.54) is 6.20 Å². The maximum absolute atomic E-state index is 12.2. The smallest absolute Gasteiger partial charge is 0.166 e. The Morgan fingerprint density at radius 2 is 2.24 bits per heavy atom. The van der Waals surface area contributed by atoms with Crippen molar-refractivity contribution < 1.29 is 17.9 Å². The molecule has 0 amide bonds. The van der Waals surface area contributed by atoms with Crippen molar-refractivity contribution in [3.05, 3.63) is 24.0 Å². The number of hydrogen-bond acceptors (Lipinski definition) is 6. The van der Waals surface area contributed by atoms with Gasteiger partial charge in [-0.15, -0.1) is 0 Å². The molecule has 1 saturated heterocycles. The van der Waals surface area contributed by atoms with Crippen molar-refractivity contribution in [3.8, 4) is 5.75 Å². The molecule has 1 aromatic heterocycles. The van der Waals surface area contributed by atoms with Crippen molar-refractivity contribution in [1.82, 2.24) is 10.3 Å². The minimum Gasteiger partial charge on any atom is -0.489 e. The van der Waals surface area contributed by atoms with Gasteiger partial charge in [-0.1, -0.05) is 0 Å². The number of nitrogens with zero attached hydrogens (tertiary/aromatic N) is 1. The predicted octanol–water partition coefficient (Wildman–Crippen LogP) is 0.828. The van der Waals surface area contributed by atoms with Crippen LogP contribution in [0.5, 0.6) is 5.75 Å². The van der Waals surface area contributed by atoms with Gasteiger partial charge in [-0.05, 0) is 19.9 Å². The highest BCUT2D eigenvalue weighted by Crippen LogP contribution is 2.16. The number of ether oxygens (including phenoxy) is 1. The summed E-state index contributed by atoms with van der Waals surface area (Å²) in [6, 6.07) is 1.32. The highest BCUT2D eigenvalue weighted by molar-refractivity contribution is 7.91. The average molecular weight is 312 g/mol. The van der Waals surface area contributed by atoms with Crippen LogP contribution in [0.2, 0.25) is 0 Å². The van der Waals surface area contributed by atoms with E-state index >= 15 is 0 Å². The van der Waals surface area contributed by atoms with Gasteiger partial charge in [0.1, 0.15) is 5.75 Å². The maximum Gasteiger partial charge on any atom is 0.166 e. The maximum atomic E-state index is 12.2. The first-order chi connectivity index (χ1) is 9.85. The first-order valence-electron chi connectivity index (χ1n) is 6.94. The molecule has 1 aromatic rings. The molecule has 116 valence electrons. The molecule has 21 heavy (non-hydrogen) atoms. The van der Waals surface area contributed by atoms with E-state index in [4.69, 9.17) is 4.74 Å². The number of aromatic nitrogens is 1. The van der Waals surface area contributed by atoms with Gasteiger partial charge in [-0.2, -0.15) is 0 Å². The van der Waals surface area contributed by atoms with Gasteiger partial charge in [0.15, 0.2) is 15.6 Å². The molecule has 1 atom stereocenters. The average Bonchev–Trinajstić information content (AvgIpc) is 2.37. The SMILES string of the molecule is CC(C)Oc1cncc(C(=O)CC2CS(=O)(=O)CCN2)c1. The summed E-state index contributed by atoms with van der Waals surface area (Å²) in [6.07, 6.45) is 3.18. The lowest BCUT2D eigenvalue weighted by atomic mass is 10.1. The Bertz CT molecular complexity index is 613. The molecule has 0 bridgehead atoms. The van der Waals surface area contributed by atoms with E-state index in [2.05, 4.69) is 10.3 Å². The summed E-state index contributed by atoms with van der Waals surface area (Å²) < 4.78 is 28.6. The van der Waals surface area contributed by atoms with Gasteiger partial charge in [-0.25, -0.2) is 8.42 Å². The molecule has 2 heterocycles. The highest BCUT2D eigenvalue weighted by Gasteiger charge is 2.26. The van der Waals surface area contributed by atoms with Crippen molar-refractivity contribution in [2.24, 2.45) is 0 Å². The largest absolute Gasteiger partial charge is 0.489 e. The van der Waals surface area contributed by atoms with Crippen molar-refractivity contribution in [1.29, 1.82) is 0 Å². The standard InChI is InChI=1S/C14H20N2O4S/c1-10(2)20-13-5-11(7-15-8-13)14(17)6-12-9-21(18,19)4-3-16-12/h5,7-8,10,12,16H,3-4,6,9H2,1-2H3. The Morgan fingerprint density at radius 1 is 1.48 bits per heavy atom. The van der Waals surface area contributed by atoms with Gasteiger partial charge in [0.05, 0.1) is 23.8 Å². The molecule has 0 aromatic carbocycles. The molecule has 1 N–H and O–H groups in total. The summed E-state index contributed by atoms with van der Waals surface area (Å²) in [6.45, 7) is 4.19. The zero-order valence-corrected chi connectivity index (χ0v) is 13.0. The quantitative estimate of drug-likeness (QED) is 0.811. The number of carbonyl (C=O) groups excluding carboxylic acids is 1. The zero-order chi connectivity index (χ0) is 15.5. The third kappa shape index (κ3) is 4.78. The molecule has 1 aliphatic heterocycles. The summed E-state index contributed by atoms with van der Waals surface area (Å²) in [4.78, 5) is 16.2. The normalized spacial score (nSPS) is 21.2. The number of hydrogen-bond donors (Lipinski definition) is 1. The zero-order valence-electron chi connectivity index (χ0n) is 12.2. The Hall–Kier alpha value is -1.47. The minimum absolute atomic E-state index is 0.00214. The lowest BCUT2D eigenvalue weighted by Crippen LogP contribution is -2.46. The second-order valence-electron chi connectivity index (χ2n) is 5.47. The number of pyridine rings is 1. The first kappa shape index (κ1) is 15.9. The second kappa shape index (κ2) is 6.53. The van der Waals surface area contributed by atoms with E-state index < -0.39 is 9.84 Å². The molecular weight excluding hydrogens is 292 g/mol. The van der Waals surface area contributed by atoms with Crippen LogP contribution in [-0.4, -0.2) is 49.4 Å². The molecule has 0 spiro atoms. The lowest BCUT2D eigenvalue weighted by Gasteiger charge is -2.23. The molecule has 2 rings (SSSR count). The molecule has 0 saturated carbocycles. The first-order valence-corrected chi connectivity index (χ1v) is 8.76. The van der Waals surface area contributed by atoms with Crippen LogP contribution in [0, 0.1) is 0 Å². The van der Waals surface area contributed by atoms with Crippen LogP contribution in [0.25, 0.3) is 0 Å². The van der Waals surface area contributed by atoms with E-state index in [0.29, 0.717) is 17.9 Å². The lowest BCUT2D eigenvalue weighted by molar-refractivity contribution is 0.0970. The number of sulfone groups is 1. The Kier molecular flexibility index (Phi) is 4.95. The van der Waals surface area contributed by atoms with E-state index in [1.807, 2.05) is 13.8 Å². The summed E-state index contributed by atoms with van der Waals surface area (Å²) in [5.41, 5.74) is 0.443. The number of carbonyl (C=O) groups is 1. The highest BCUT2D eigenvalue weighted by atomic mass is 32.2. The van der Waals surface area contributed by atoms with E-state index in [1.54, 1.807) is 12.3 Å². The second-order valence-corrected chi connectivity index (χ2v) is 7.70. The molecule has 1 aliphatic rings. The minimum atomic E-state index is -3.04. The third-order valence-corrected chi connectivity index (χ3v) is 4.88. The van der Waals surface area contributed by atoms with Crippen LogP contribution in [0.4, 0.5) is 0 Å². The van der Waals surface area contributed by atoms with E-state index in [0.717, 1.165) is 0 Å². The Morgan fingerprint density at radius 3 is 2.90 bits per heavy atom. The van der Waals surface area contributed by atoms with Gasteiger partial charge < -0.3 is 10.1 Å². The van der Waals surface area contributed by atoms with Crippen LogP contribution >= 0.6 is 0 Å². The summed E-state index contributed by atoms with van der Waals surface area (Å²) in [7, 11) is -3.04. The summed E-state index contributed by atoms with van der Waals surface area (Å²) >= 11 is 0. The van der Waals surface area contributed by atoms with Gasteiger partial charge in [0, 0.05) is 30.8 Å². The Labute approximate surface area is 124 Å². The van der Waals surface area contributed by atoms with Crippen LogP contribution in [-0.2, 0) is 9.84 Å². The van der Waals surface area contributed by atoms with Crippen LogP contribution in [0.3, 0.4) is 0 Å². The van der Waals surface area contributed by atoms with Crippen LogP contribution in [0.15, 0.2) is 18.5 Å². The van der Waals surface area contributed by atoms with Crippen molar-refractivity contribution in [2.75, 3.05) is 18.1 Å². The number of Topliss-reactive ketones (excluding diaryl/α,β-unsaturated/α-hetero) is 1. The molecule has 7 heteroatoms. The van der Waals surface area contributed by atoms with Gasteiger partial charge in [0.25, 0.3) is 0 Å². The topological polar surface area (TPSA) is 85.4 Å². The molecule has 6 nitrogen and oxygen atoms in total. The van der Waals surface area contributed by atoms with Gasteiger partial charge in [-0.3, -0.25) is 9.78 Å². The van der Waals surface area contributed by atoms with Crippen molar-refractivity contribution >= 4 is 15.6 Å². The van der Waals surface area contributed by atoms with E-state index in [9.17, 15) is 13.2 Å². The van der Waals surface area contributed by atoms with Crippen LogP contribution < -0.4 is 10.1 Å². The van der Waals surface area contributed by atoms with Crippen LogP contribution in [0.1, 0.15) is 30.6 Å². The Balaban J connectivity index is 2.03. The van der Waals surface area contributed by atoms with Crippen molar-refractivity contribution in [3.63, 3.8) is 0 Å². The predicted molar refractivity (Wildman–Crippen MR) is 79.4 cm³/mol. The van der Waals surface area contributed by atoms with Gasteiger partial charge in [0.2, 0.25) is 0 Å². The molecule has 1 unspecified atom stereocenters. The monoisotopic (exact) mass is 312 g/mol. The molecule has 0 aliphatic carbocycles. The number of rotatable bonds is 5. The van der Waals surface area contributed by atoms with Crippen molar-refractivity contribution in [2.45, 2.75) is 32.4 Å². The van der Waals surface area contributed by atoms with Gasteiger partial charge >= 0.3 is 0 Å². The fraction of sp³-hybridized carbons (Fsp3) is 0.571. The molecule has 1 fully saturated rings. The number of ketones is 1. The third-order valence-electron chi connectivity index (χ3n) is 3.14. The number of nitrogens with one attached hydrogen (secondary N) is 1. The molecular formula is C14H20N2O4S. The van der Waals surface area contributed by atoms with E-state index in [-0.39, 0.29) is 35.9 Å². The fourth-order valence-electron chi connectivity index (χ4n) is 2.25. The fourth-order valence-corrected chi connectivity index (χ4v) is 3.69.